The van der Waals surface area contributed by atoms with Crippen molar-refractivity contribution in [3.8, 4) is 11.5 Å². The molecule has 0 spiro atoms. The van der Waals surface area contributed by atoms with Gasteiger partial charge in [-0.2, -0.15) is 0 Å². The highest BCUT2D eigenvalue weighted by atomic mass is 32.1. The fourth-order valence-corrected chi connectivity index (χ4v) is 4.19. The summed E-state index contributed by atoms with van der Waals surface area (Å²) in [5, 5.41) is 21.3. The van der Waals surface area contributed by atoms with Gasteiger partial charge in [0.05, 0.1) is 14.2 Å². The third kappa shape index (κ3) is 6.60. The number of thiocarbonyl (C=S) groups is 1. The second-order valence-corrected chi connectivity index (χ2v) is 8.57. The van der Waals surface area contributed by atoms with Crippen molar-refractivity contribution in [3.63, 3.8) is 0 Å². The van der Waals surface area contributed by atoms with E-state index in [-0.39, 0.29) is 36.3 Å². The van der Waals surface area contributed by atoms with E-state index >= 15 is 0 Å². The lowest BCUT2D eigenvalue weighted by Crippen LogP contribution is -2.31. The molecular formula is C25H30N2O6S. The zero-order valence-corrected chi connectivity index (χ0v) is 20.3. The average Bonchev–Trinajstić information content (AvgIpc) is 3.18. The molecule has 9 heteroatoms. The Morgan fingerprint density at radius 2 is 1.24 bits per heavy atom. The van der Waals surface area contributed by atoms with Crippen molar-refractivity contribution >= 4 is 29.3 Å². The molecular weight excluding hydrogens is 456 g/mol. The summed E-state index contributed by atoms with van der Waals surface area (Å²) < 4.78 is 9.39. The van der Waals surface area contributed by atoms with Crippen LogP contribution in [0.15, 0.2) is 36.4 Å². The maximum absolute atomic E-state index is 11.4. The van der Waals surface area contributed by atoms with Crippen molar-refractivity contribution in [2.24, 2.45) is 0 Å². The minimum Gasteiger partial charge on any atom is -0.508 e. The van der Waals surface area contributed by atoms with Crippen molar-refractivity contribution in [2.75, 3.05) is 27.3 Å². The Labute approximate surface area is 204 Å². The van der Waals surface area contributed by atoms with Crippen molar-refractivity contribution in [2.45, 2.75) is 38.8 Å². The number of methoxy groups -OCH3 is 2. The number of rotatable bonds is 10. The monoisotopic (exact) mass is 486 g/mol. The van der Waals surface area contributed by atoms with Gasteiger partial charge >= 0.3 is 11.9 Å². The van der Waals surface area contributed by atoms with E-state index in [9.17, 15) is 19.8 Å². The third-order valence-corrected chi connectivity index (χ3v) is 6.40. The van der Waals surface area contributed by atoms with E-state index in [0.29, 0.717) is 44.1 Å². The molecule has 0 saturated carbocycles. The quantitative estimate of drug-likeness (QED) is 0.388. The molecule has 0 atom stereocenters. The lowest BCUT2D eigenvalue weighted by atomic mass is 10.0. The van der Waals surface area contributed by atoms with Gasteiger partial charge in [0.15, 0.2) is 5.11 Å². The summed E-state index contributed by atoms with van der Waals surface area (Å²) in [4.78, 5) is 26.9. The molecule has 1 aliphatic rings. The maximum atomic E-state index is 11.4. The molecule has 0 radical (unpaired) electrons. The lowest BCUT2D eigenvalue weighted by molar-refractivity contribution is -0.141. The minimum absolute atomic E-state index is 0.180. The number of nitrogens with zero attached hydrogens (tertiary/aromatic N) is 2. The molecule has 0 bridgehead atoms. The minimum atomic E-state index is -0.274. The fraction of sp³-hybridized carbons (Fsp3) is 0.400. The van der Waals surface area contributed by atoms with E-state index < -0.39 is 0 Å². The van der Waals surface area contributed by atoms with Gasteiger partial charge in [0.1, 0.15) is 11.5 Å². The lowest BCUT2D eigenvalue weighted by Gasteiger charge is -2.23. The van der Waals surface area contributed by atoms with Gasteiger partial charge in [-0.05, 0) is 48.3 Å². The molecule has 34 heavy (non-hydrogen) atoms. The second kappa shape index (κ2) is 11.7. The van der Waals surface area contributed by atoms with Crippen LogP contribution >= 0.6 is 12.2 Å². The van der Waals surface area contributed by atoms with Gasteiger partial charge in [-0.25, -0.2) is 0 Å². The Balaban J connectivity index is 1.63. The van der Waals surface area contributed by atoms with Crippen LogP contribution in [0.3, 0.4) is 0 Å². The highest BCUT2D eigenvalue weighted by Crippen LogP contribution is 2.26. The van der Waals surface area contributed by atoms with E-state index in [0.717, 1.165) is 22.3 Å². The van der Waals surface area contributed by atoms with Gasteiger partial charge in [-0.3, -0.25) is 9.59 Å². The Bertz CT molecular complexity index is 976. The van der Waals surface area contributed by atoms with Crippen molar-refractivity contribution in [3.05, 3.63) is 58.7 Å². The average molecular weight is 487 g/mol. The van der Waals surface area contributed by atoms with Crippen LogP contribution in [0.5, 0.6) is 11.5 Å². The number of aryl methyl sites for hydroxylation is 2. The molecule has 2 aromatic carbocycles. The molecule has 0 amide bonds. The van der Waals surface area contributed by atoms with Gasteiger partial charge in [0.25, 0.3) is 0 Å². The smallest absolute Gasteiger partial charge is 0.305 e. The van der Waals surface area contributed by atoms with E-state index in [1.807, 2.05) is 21.9 Å². The Hall–Kier alpha value is -3.33. The van der Waals surface area contributed by atoms with Crippen LogP contribution in [0.1, 0.15) is 35.1 Å². The van der Waals surface area contributed by atoms with Crippen LogP contribution in [-0.4, -0.2) is 64.4 Å². The molecule has 3 rings (SSSR count). The number of aromatic hydroxyl groups is 2. The van der Waals surface area contributed by atoms with Crippen LogP contribution in [-0.2, 0) is 45.0 Å². The molecule has 0 aliphatic carbocycles. The maximum Gasteiger partial charge on any atom is 0.305 e. The van der Waals surface area contributed by atoms with Crippen LogP contribution in [0.4, 0.5) is 0 Å². The topological polar surface area (TPSA) is 99.5 Å². The number of hydrogen-bond donors (Lipinski definition) is 2. The van der Waals surface area contributed by atoms with Gasteiger partial charge < -0.3 is 29.5 Å². The Kier molecular flexibility index (Phi) is 8.70. The summed E-state index contributed by atoms with van der Waals surface area (Å²) in [5.41, 5.74) is 3.35. The zero-order chi connectivity index (χ0) is 24.7. The summed E-state index contributed by atoms with van der Waals surface area (Å²) in [5.74, 6) is -0.190. The number of esters is 2. The number of phenolic OH excluding ortho intramolecular Hbond substituents is 2. The first kappa shape index (κ1) is 25.3. The molecule has 2 N–H and O–H groups in total. The summed E-state index contributed by atoms with van der Waals surface area (Å²) in [6.45, 7) is 2.26. The van der Waals surface area contributed by atoms with E-state index in [2.05, 4.69) is 0 Å². The molecule has 0 unspecified atom stereocenters. The molecule has 1 fully saturated rings. The molecule has 1 aliphatic heterocycles. The molecule has 0 aromatic heterocycles. The number of ether oxygens (including phenoxy) is 2. The highest BCUT2D eigenvalue weighted by Gasteiger charge is 2.26. The van der Waals surface area contributed by atoms with Crippen molar-refractivity contribution < 1.29 is 29.3 Å². The number of carbonyl (C=O) groups excluding carboxylic acids is 2. The largest absolute Gasteiger partial charge is 0.508 e. The number of benzene rings is 2. The summed E-state index contributed by atoms with van der Waals surface area (Å²) in [6.07, 6.45) is 1.61. The van der Waals surface area contributed by atoms with Gasteiger partial charge in [0, 0.05) is 50.1 Å². The van der Waals surface area contributed by atoms with Crippen LogP contribution in [0, 0.1) is 0 Å². The van der Waals surface area contributed by atoms with Gasteiger partial charge in [-0.1, -0.05) is 24.3 Å². The van der Waals surface area contributed by atoms with Crippen LogP contribution < -0.4 is 0 Å². The Morgan fingerprint density at radius 1 is 0.824 bits per heavy atom. The normalized spacial score (nSPS) is 13.3. The summed E-state index contributed by atoms with van der Waals surface area (Å²) >= 11 is 5.68. The molecule has 1 heterocycles. The number of hydrogen-bond acceptors (Lipinski definition) is 7. The Morgan fingerprint density at radius 3 is 1.62 bits per heavy atom. The highest BCUT2D eigenvalue weighted by molar-refractivity contribution is 7.80. The molecule has 182 valence electrons. The number of phenols is 2. The van der Waals surface area contributed by atoms with Crippen molar-refractivity contribution in [1.82, 2.24) is 9.80 Å². The molecule has 2 aromatic rings. The summed E-state index contributed by atoms with van der Waals surface area (Å²) in [6, 6.07) is 10.6. The predicted molar refractivity (Wildman–Crippen MR) is 130 cm³/mol. The zero-order valence-electron chi connectivity index (χ0n) is 19.5. The molecule has 8 nitrogen and oxygen atoms in total. The van der Waals surface area contributed by atoms with Gasteiger partial charge in [0.2, 0.25) is 0 Å². The van der Waals surface area contributed by atoms with Crippen LogP contribution in [0.25, 0.3) is 0 Å². The fourth-order valence-electron chi connectivity index (χ4n) is 3.88. The first-order valence-corrected chi connectivity index (χ1v) is 11.5. The molecule has 1 saturated heterocycles. The van der Waals surface area contributed by atoms with Gasteiger partial charge in [-0.15, -0.1) is 0 Å². The number of carbonyl (C=O) groups is 2. The first-order chi connectivity index (χ1) is 16.3. The van der Waals surface area contributed by atoms with Crippen LogP contribution in [0.2, 0.25) is 0 Å². The van der Waals surface area contributed by atoms with E-state index in [1.165, 1.54) is 14.2 Å². The van der Waals surface area contributed by atoms with Crippen molar-refractivity contribution in [1.29, 1.82) is 0 Å². The summed E-state index contributed by atoms with van der Waals surface area (Å²) in [7, 11) is 2.73. The second-order valence-electron chi connectivity index (χ2n) is 8.20. The standard InChI is InChI=1S/C25H30N2O6S/c1-32-23(30)9-5-17-3-7-21(28)19(13-17)15-26-11-12-27(25(26)34)16-20-14-18(4-8-22(20)29)6-10-24(31)33-2/h3-4,7-8,13-14,28-29H,5-6,9-12,15-16H2,1-2H3. The predicted octanol–water partition coefficient (Wildman–Crippen LogP) is 2.91. The van der Waals surface area contributed by atoms with E-state index in [4.69, 9.17) is 21.7 Å². The first-order valence-electron chi connectivity index (χ1n) is 11.1. The third-order valence-electron chi connectivity index (χ3n) is 5.88. The van der Waals surface area contributed by atoms with E-state index in [1.54, 1.807) is 24.3 Å². The SMILES string of the molecule is COC(=O)CCc1ccc(O)c(CN2CCN(Cc3cc(CCC(=O)OC)ccc3O)C2=S)c1.